The Labute approximate surface area is 90.9 Å². The van der Waals surface area contributed by atoms with E-state index in [1.807, 2.05) is 13.0 Å². The Hall–Kier alpha value is -1.38. The van der Waals surface area contributed by atoms with E-state index in [9.17, 15) is 4.79 Å². The standard InChI is InChI=1S/C12H18N2O/c1-3-5-8-13-12-10(11(15)4-2)7-6-9-14-12/h6-7,9H,3-5,8H2,1-2H3,(H,13,14). The van der Waals surface area contributed by atoms with Gasteiger partial charge in [-0.15, -0.1) is 0 Å². The molecule has 3 nitrogen and oxygen atoms in total. The molecule has 1 aromatic heterocycles. The van der Waals surface area contributed by atoms with E-state index in [4.69, 9.17) is 0 Å². The third-order valence-electron chi connectivity index (χ3n) is 2.25. The first-order valence-corrected chi connectivity index (χ1v) is 5.51. The van der Waals surface area contributed by atoms with Crippen molar-refractivity contribution >= 4 is 11.6 Å². The fraction of sp³-hybridized carbons (Fsp3) is 0.500. The normalized spacial score (nSPS) is 10.0. The minimum atomic E-state index is 0.141. The molecule has 1 heterocycles. The number of carbonyl (C=O) groups is 1. The number of aromatic nitrogens is 1. The molecule has 0 aliphatic rings. The summed E-state index contributed by atoms with van der Waals surface area (Å²) in [5, 5.41) is 3.20. The Bertz CT molecular complexity index is 323. The van der Waals surface area contributed by atoms with Crippen molar-refractivity contribution in [1.29, 1.82) is 0 Å². The summed E-state index contributed by atoms with van der Waals surface area (Å²) in [7, 11) is 0. The van der Waals surface area contributed by atoms with Crippen molar-refractivity contribution in [1.82, 2.24) is 4.98 Å². The fourth-order valence-electron chi connectivity index (χ4n) is 1.35. The Balaban J connectivity index is 2.73. The van der Waals surface area contributed by atoms with Gasteiger partial charge in [0.25, 0.3) is 0 Å². The van der Waals surface area contributed by atoms with E-state index < -0.39 is 0 Å². The van der Waals surface area contributed by atoms with Crippen LogP contribution in [0.1, 0.15) is 43.5 Å². The fourth-order valence-corrected chi connectivity index (χ4v) is 1.35. The van der Waals surface area contributed by atoms with Gasteiger partial charge in [0.05, 0.1) is 5.56 Å². The van der Waals surface area contributed by atoms with Gasteiger partial charge in [-0.25, -0.2) is 4.98 Å². The van der Waals surface area contributed by atoms with Crippen molar-refractivity contribution in [3.63, 3.8) is 0 Å². The van der Waals surface area contributed by atoms with Crippen molar-refractivity contribution in [2.45, 2.75) is 33.1 Å². The summed E-state index contributed by atoms with van der Waals surface area (Å²) in [5.41, 5.74) is 0.705. The van der Waals surface area contributed by atoms with Crippen LogP contribution >= 0.6 is 0 Å². The predicted molar refractivity (Wildman–Crippen MR) is 62.3 cm³/mol. The molecular formula is C12H18N2O. The zero-order chi connectivity index (χ0) is 11.1. The number of Topliss-reactive ketones (excluding diaryl/α,β-unsaturated/α-hetero) is 1. The number of pyridine rings is 1. The zero-order valence-electron chi connectivity index (χ0n) is 9.42. The van der Waals surface area contributed by atoms with E-state index in [2.05, 4.69) is 17.2 Å². The first-order valence-electron chi connectivity index (χ1n) is 5.51. The molecule has 0 bridgehead atoms. The topological polar surface area (TPSA) is 42.0 Å². The molecule has 1 N–H and O–H groups in total. The number of ketones is 1. The lowest BCUT2D eigenvalue weighted by Crippen LogP contribution is -2.09. The lowest BCUT2D eigenvalue weighted by Gasteiger charge is -2.08. The van der Waals surface area contributed by atoms with Gasteiger partial charge in [0.1, 0.15) is 5.82 Å². The highest BCUT2D eigenvalue weighted by Crippen LogP contribution is 2.13. The van der Waals surface area contributed by atoms with Crippen molar-refractivity contribution < 1.29 is 4.79 Å². The predicted octanol–water partition coefficient (Wildman–Crippen LogP) is 2.89. The number of nitrogens with one attached hydrogen (secondary N) is 1. The molecule has 0 atom stereocenters. The monoisotopic (exact) mass is 206 g/mol. The summed E-state index contributed by atoms with van der Waals surface area (Å²) in [6, 6.07) is 3.63. The maximum absolute atomic E-state index is 11.6. The van der Waals surface area contributed by atoms with E-state index in [0.717, 1.165) is 25.2 Å². The third-order valence-corrected chi connectivity index (χ3v) is 2.25. The molecule has 0 aliphatic heterocycles. The summed E-state index contributed by atoms with van der Waals surface area (Å²) in [5.74, 6) is 0.861. The smallest absolute Gasteiger partial charge is 0.166 e. The van der Waals surface area contributed by atoms with Gasteiger partial charge in [0.2, 0.25) is 0 Å². The summed E-state index contributed by atoms with van der Waals surface area (Å²) >= 11 is 0. The second-order valence-corrected chi connectivity index (χ2v) is 3.46. The summed E-state index contributed by atoms with van der Waals surface area (Å²) < 4.78 is 0. The van der Waals surface area contributed by atoms with Crippen LogP contribution in [0.5, 0.6) is 0 Å². The maximum atomic E-state index is 11.6. The van der Waals surface area contributed by atoms with Crippen LogP contribution in [0.2, 0.25) is 0 Å². The van der Waals surface area contributed by atoms with Crippen LogP contribution in [0, 0.1) is 0 Å². The molecule has 1 aromatic rings. The number of carbonyl (C=O) groups excluding carboxylic acids is 1. The van der Waals surface area contributed by atoms with E-state index in [1.54, 1.807) is 12.3 Å². The highest BCUT2D eigenvalue weighted by Gasteiger charge is 2.08. The van der Waals surface area contributed by atoms with Crippen LogP contribution < -0.4 is 5.32 Å². The Kier molecular flexibility index (Phi) is 4.81. The second-order valence-electron chi connectivity index (χ2n) is 3.46. The molecule has 1 rings (SSSR count). The van der Waals surface area contributed by atoms with Crippen molar-refractivity contribution in [2.75, 3.05) is 11.9 Å². The summed E-state index contributed by atoms with van der Waals surface area (Å²) in [6.45, 7) is 4.88. The second kappa shape index (κ2) is 6.17. The molecule has 82 valence electrons. The van der Waals surface area contributed by atoms with Crippen LogP contribution in [-0.4, -0.2) is 17.3 Å². The number of nitrogens with zero attached hydrogens (tertiary/aromatic N) is 1. The lowest BCUT2D eigenvalue weighted by molar-refractivity contribution is 0.0988. The average Bonchev–Trinajstić information content (AvgIpc) is 2.29. The van der Waals surface area contributed by atoms with E-state index in [1.165, 1.54) is 0 Å². The number of rotatable bonds is 6. The highest BCUT2D eigenvalue weighted by atomic mass is 16.1. The average molecular weight is 206 g/mol. The summed E-state index contributed by atoms with van der Waals surface area (Å²) in [4.78, 5) is 15.8. The molecule has 0 radical (unpaired) electrons. The molecule has 0 aliphatic carbocycles. The van der Waals surface area contributed by atoms with Crippen molar-refractivity contribution in [3.05, 3.63) is 23.9 Å². The molecule has 15 heavy (non-hydrogen) atoms. The number of unbranched alkanes of at least 4 members (excludes halogenated alkanes) is 1. The SMILES string of the molecule is CCCCNc1ncccc1C(=O)CC. The molecule has 0 saturated carbocycles. The first kappa shape index (κ1) is 11.7. The number of hydrogen-bond acceptors (Lipinski definition) is 3. The van der Waals surface area contributed by atoms with Crippen LogP contribution in [-0.2, 0) is 0 Å². The number of hydrogen-bond donors (Lipinski definition) is 1. The third kappa shape index (κ3) is 3.35. The van der Waals surface area contributed by atoms with Crippen LogP contribution in [0.15, 0.2) is 18.3 Å². The van der Waals surface area contributed by atoms with Gasteiger partial charge in [0, 0.05) is 19.2 Å². The largest absolute Gasteiger partial charge is 0.369 e. The highest BCUT2D eigenvalue weighted by molar-refractivity contribution is 6.00. The van der Waals surface area contributed by atoms with Gasteiger partial charge in [-0.05, 0) is 18.6 Å². The summed E-state index contributed by atoms with van der Waals surface area (Å²) in [6.07, 6.45) is 4.46. The Morgan fingerprint density at radius 1 is 1.47 bits per heavy atom. The van der Waals surface area contributed by atoms with Gasteiger partial charge in [-0.3, -0.25) is 4.79 Å². The molecule has 0 unspecified atom stereocenters. The van der Waals surface area contributed by atoms with Crippen molar-refractivity contribution in [2.24, 2.45) is 0 Å². The molecule has 0 amide bonds. The van der Waals surface area contributed by atoms with Crippen molar-refractivity contribution in [3.8, 4) is 0 Å². The minimum absolute atomic E-state index is 0.141. The molecule has 0 spiro atoms. The minimum Gasteiger partial charge on any atom is -0.369 e. The Morgan fingerprint density at radius 3 is 2.93 bits per heavy atom. The van der Waals surface area contributed by atoms with Gasteiger partial charge in [-0.1, -0.05) is 20.3 Å². The van der Waals surface area contributed by atoms with E-state index in [0.29, 0.717) is 12.0 Å². The van der Waals surface area contributed by atoms with Gasteiger partial charge < -0.3 is 5.32 Å². The Morgan fingerprint density at radius 2 is 2.27 bits per heavy atom. The first-order chi connectivity index (χ1) is 7.29. The lowest BCUT2D eigenvalue weighted by atomic mass is 10.1. The van der Waals surface area contributed by atoms with Gasteiger partial charge >= 0.3 is 0 Å². The molecule has 3 heteroatoms. The van der Waals surface area contributed by atoms with Crippen LogP contribution in [0.25, 0.3) is 0 Å². The molecule has 0 fully saturated rings. The van der Waals surface area contributed by atoms with Crippen LogP contribution in [0.4, 0.5) is 5.82 Å². The molecular weight excluding hydrogens is 188 g/mol. The maximum Gasteiger partial charge on any atom is 0.166 e. The quantitative estimate of drug-likeness (QED) is 0.575. The van der Waals surface area contributed by atoms with E-state index in [-0.39, 0.29) is 5.78 Å². The van der Waals surface area contributed by atoms with E-state index >= 15 is 0 Å². The molecule has 0 aromatic carbocycles. The zero-order valence-corrected chi connectivity index (χ0v) is 9.42. The van der Waals surface area contributed by atoms with Gasteiger partial charge in [0.15, 0.2) is 5.78 Å². The van der Waals surface area contributed by atoms with Gasteiger partial charge in [-0.2, -0.15) is 0 Å². The number of anilines is 1. The van der Waals surface area contributed by atoms with Crippen LogP contribution in [0.3, 0.4) is 0 Å². The molecule has 0 saturated heterocycles.